The van der Waals surface area contributed by atoms with Crippen molar-refractivity contribution in [2.75, 3.05) is 24.6 Å². The fourth-order valence-corrected chi connectivity index (χ4v) is 7.18. The molecule has 8 nitrogen and oxygen atoms in total. The van der Waals surface area contributed by atoms with E-state index in [1.807, 2.05) is 39.0 Å². The molecular formula is C29H40N2O6. The van der Waals surface area contributed by atoms with Gasteiger partial charge in [0, 0.05) is 25.4 Å². The van der Waals surface area contributed by atoms with Gasteiger partial charge in [-0.15, -0.1) is 6.58 Å². The van der Waals surface area contributed by atoms with Gasteiger partial charge in [0.05, 0.1) is 11.5 Å². The summed E-state index contributed by atoms with van der Waals surface area (Å²) in [5, 5.41) is 19.3. The molecule has 0 aromatic heterocycles. The number of carbonyl (C=O) groups excluding carboxylic acids is 2. The summed E-state index contributed by atoms with van der Waals surface area (Å²) in [6, 6.07) is 4.92. The fraction of sp³-hybridized carbons (Fsp3) is 0.621. The Morgan fingerprint density at radius 2 is 1.86 bits per heavy atom. The molecule has 2 amide bonds. The Morgan fingerprint density at radius 1 is 1.22 bits per heavy atom. The largest absolute Gasteiger partial charge is 0.481 e. The van der Waals surface area contributed by atoms with Crippen LogP contribution >= 0.6 is 0 Å². The van der Waals surface area contributed by atoms with Crippen molar-refractivity contribution in [3.05, 3.63) is 42.0 Å². The van der Waals surface area contributed by atoms with E-state index in [0.717, 1.165) is 29.7 Å². The van der Waals surface area contributed by atoms with Gasteiger partial charge in [-0.2, -0.15) is 0 Å². The van der Waals surface area contributed by atoms with Crippen LogP contribution in [0.4, 0.5) is 5.69 Å². The number of carboxylic acid groups (broad SMARTS) is 1. The molecule has 3 fully saturated rings. The normalized spacial score (nSPS) is 32.0. The summed E-state index contributed by atoms with van der Waals surface area (Å²) < 4.78 is 6.61. The van der Waals surface area contributed by atoms with E-state index in [-0.39, 0.29) is 30.9 Å². The summed E-state index contributed by atoms with van der Waals surface area (Å²) in [7, 11) is 0. The zero-order valence-electron chi connectivity index (χ0n) is 22.4. The lowest BCUT2D eigenvalue weighted by Crippen LogP contribution is -2.57. The number of aliphatic hydroxyl groups is 1. The Balaban J connectivity index is 1.79. The number of anilines is 1. The van der Waals surface area contributed by atoms with Gasteiger partial charge >= 0.3 is 5.97 Å². The minimum atomic E-state index is -1.19. The highest BCUT2D eigenvalue weighted by atomic mass is 16.5. The molecule has 3 aliphatic rings. The Hall–Kier alpha value is -2.71. The second-order valence-electron chi connectivity index (χ2n) is 11.2. The van der Waals surface area contributed by atoms with Crippen LogP contribution in [-0.4, -0.2) is 69.8 Å². The molecule has 3 unspecified atom stereocenters. The van der Waals surface area contributed by atoms with E-state index in [9.17, 15) is 19.5 Å². The lowest BCUT2D eigenvalue weighted by molar-refractivity contribution is -0.156. The van der Waals surface area contributed by atoms with Gasteiger partial charge in [-0.25, -0.2) is 0 Å². The summed E-state index contributed by atoms with van der Waals surface area (Å²) in [6.07, 6.45) is 5.09. The zero-order chi connectivity index (χ0) is 27.1. The predicted octanol–water partition coefficient (Wildman–Crippen LogP) is 3.47. The molecule has 3 aliphatic heterocycles. The molecule has 1 spiro atoms. The van der Waals surface area contributed by atoms with E-state index in [1.165, 1.54) is 0 Å². The van der Waals surface area contributed by atoms with Gasteiger partial charge in [-0.1, -0.05) is 44.0 Å². The molecule has 2 N–H and O–H groups in total. The van der Waals surface area contributed by atoms with Gasteiger partial charge in [0.25, 0.3) is 5.91 Å². The van der Waals surface area contributed by atoms with Crippen LogP contribution in [0.2, 0.25) is 0 Å². The monoisotopic (exact) mass is 512 g/mol. The first-order valence-corrected chi connectivity index (χ1v) is 13.4. The fourth-order valence-electron chi connectivity index (χ4n) is 7.18. The maximum absolute atomic E-state index is 14.6. The number of aliphatic hydroxyl groups excluding tert-OH is 1. The molecule has 3 saturated heterocycles. The van der Waals surface area contributed by atoms with Gasteiger partial charge in [0.1, 0.15) is 17.6 Å². The third-order valence-corrected chi connectivity index (χ3v) is 8.91. The quantitative estimate of drug-likeness (QED) is 0.347. The number of aliphatic carboxylic acids is 1. The summed E-state index contributed by atoms with van der Waals surface area (Å²) in [4.78, 5) is 44.3. The molecule has 0 aliphatic carbocycles. The number of likely N-dealkylation sites (tertiary alicyclic amines) is 1. The van der Waals surface area contributed by atoms with Gasteiger partial charge in [-0.05, 0) is 57.1 Å². The summed E-state index contributed by atoms with van der Waals surface area (Å²) in [5.74, 6) is -3.64. The number of unbranched alkanes of at least 4 members (excludes halogenated alkanes) is 3. The number of carboxylic acids is 1. The van der Waals surface area contributed by atoms with Crippen molar-refractivity contribution in [1.82, 2.24) is 4.90 Å². The Morgan fingerprint density at radius 3 is 2.46 bits per heavy atom. The van der Waals surface area contributed by atoms with Crippen LogP contribution < -0.4 is 4.90 Å². The first kappa shape index (κ1) is 27.3. The third-order valence-electron chi connectivity index (χ3n) is 8.91. The van der Waals surface area contributed by atoms with Crippen molar-refractivity contribution >= 4 is 23.5 Å². The molecule has 1 aromatic rings. The Labute approximate surface area is 219 Å². The van der Waals surface area contributed by atoms with Gasteiger partial charge in [0.15, 0.2) is 0 Å². The lowest BCUT2D eigenvalue weighted by atomic mass is 9.62. The standard InChI is InChI=1S/C29H40N2O6/c1-6-14-30(23-18(2)12-11-13-19(23)3)26(34)24-29-17-20(4)28(5,37-29)22(27(35)36)21(29)25(33)31(24)15-9-7-8-10-16-32/h6,11-13,20-22,24,32H,1,7-10,14-17H2,2-5H3,(H,35,36)/t20?,21-,22+,24?,28-,29?/m0/s1. The van der Waals surface area contributed by atoms with Crippen LogP contribution in [-0.2, 0) is 19.1 Å². The van der Waals surface area contributed by atoms with Crippen LogP contribution in [0, 0.1) is 31.6 Å². The molecule has 37 heavy (non-hydrogen) atoms. The number of rotatable bonds is 11. The van der Waals surface area contributed by atoms with Crippen LogP contribution in [0.15, 0.2) is 30.9 Å². The van der Waals surface area contributed by atoms with Crippen molar-refractivity contribution in [2.45, 2.75) is 77.0 Å². The van der Waals surface area contributed by atoms with E-state index < -0.39 is 35.0 Å². The molecule has 6 atom stereocenters. The minimum Gasteiger partial charge on any atom is -0.481 e. The topological polar surface area (TPSA) is 107 Å². The lowest BCUT2D eigenvalue weighted by Gasteiger charge is -2.38. The molecule has 0 radical (unpaired) electrons. The Kier molecular flexibility index (Phi) is 7.55. The highest BCUT2D eigenvalue weighted by Gasteiger charge is 2.80. The number of benzene rings is 1. The van der Waals surface area contributed by atoms with Crippen molar-refractivity contribution in [3.8, 4) is 0 Å². The van der Waals surface area contributed by atoms with Crippen LogP contribution in [0.5, 0.6) is 0 Å². The number of nitrogens with zero attached hydrogens (tertiary/aromatic N) is 2. The molecule has 8 heteroatoms. The molecule has 202 valence electrons. The van der Waals surface area contributed by atoms with Crippen molar-refractivity contribution in [2.24, 2.45) is 17.8 Å². The molecular weight excluding hydrogens is 472 g/mol. The Bertz CT molecular complexity index is 1070. The molecule has 3 heterocycles. The number of amides is 2. The summed E-state index contributed by atoms with van der Waals surface area (Å²) in [6.45, 7) is 12.2. The zero-order valence-corrected chi connectivity index (χ0v) is 22.4. The van der Waals surface area contributed by atoms with Gasteiger partial charge in [-0.3, -0.25) is 14.4 Å². The van der Waals surface area contributed by atoms with E-state index >= 15 is 0 Å². The first-order valence-electron chi connectivity index (χ1n) is 13.4. The maximum Gasteiger partial charge on any atom is 0.310 e. The maximum atomic E-state index is 14.6. The number of fused-ring (bicyclic) bond motifs is 1. The van der Waals surface area contributed by atoms with Crippen molar-refractivity contribution < 1.29 is 29.3 Å². The number of ether oxygens (including phenoxy) is 1. The third kappa shape index (κ3) is 4.18. The minimum absolute atomic E-state index is 0.117. The number of para-hydroxylation sites is 1. The van der Waals surface area contributed by atoms with E-state index in [2.05, 4.69) is 6.58 Å². The van der Waals surface area contributed by atoms with Crippen molar-refractivity contribution in [1.29, 1.82) is 0 Å². The smallest absolute Gasteiger partial charge is 0.310 e. The predicted molar refractivity (Wildman–Crippen MR) is 140 cm³/mol. The van der Waals surface area contributed by atoms with E-state index in [0.29, 0.717) is 25.8 Å². The second kappa shape index (κ2) is 10.2. The molecule has 1 aromatic carbocycles. The van der Waals surface area contributed by atoms with Crippen LogP contribution in [0.25, 0.3) is 0 Å². The molecule has 2 bridgehead atoms. The highest BCUT2D eigenvalue weighted by molar-refractivity contribution is 6.05. The summed E-state index contributed by atoms with van der Waals surface area (Å²) >= 11 is 0. The molecule has 0 saturated carbocycles. The average Bonchev–Trinajstić information content (AvgIpc) is 3.34. The van der Waals surface area contributed by atoms with Crippen molar-refractivity contribution in [3.63, 3.8) is 0 Å². The highest BCUT2D eigenvalue weighted by Crippen LogP contribution is 2.65. The number of aryl methyl sites for hydroxylation is 2. The van der Waals surface area contributed by atoms with Crippen LogP contribution in [0.1, 0.15) is 57.1 Å². The van der Waals surface area contributed by atoms with Gasteiger partial charge < -0.3 is 24.7 Å². The summed E-state index contributed by atoms with van der Waals surface area (Å²) in [5.41, 5.74) is 0.449. The second-order valence-corrected chi connectivity index (χ2v) is 11.2. The average molecular weight is 513 g/mol. The number of hydrogen-bond donors (Lipinski definition) is 2. The van der Waals surface area contributed by atoms with Gasteiger partial charge in [0.2, 0.25) is 5.91 Å². The number of hydrogen-bond acceptors (Lipinski definition) is 5. The van der Waals surface area contributed by atoms with Crippen LogP contribution in [0.3, 0.4) is 0 Å². The number of carbonyl (C=O) groups is 3. The SMILES string of the molecule is C=CCN(C(=O)C1N(CCCCCCO)C(=O)[C@@H]2[C@H](C(=O)O)[C@@]3(C)OC12CC3C)c1c(C)cccc1C. The first-order chi connectivity index (χ1) is 17.5. The molecule has 4 rings (SSSR count). The van der Waals surface area contributed by atoms with E-state index in [1.54, 1.807) is 22.8 Å². The van der Waals surface area contributed by atoms with E-state index in [4.69, 9.17) is 9.84 Å².